The highest BCUT2D eigenvalue weighted by molar-refractivity contribution is 6.35. The van der Waals surface area contributed by atoms with Crippen LogP contribution in [0.2, 0.25) is 10.0 Å². The van der Waals surface area contributed by atoms with Gasteiger partial charge in [-0.05, 0) is 42.8 Å². The molecule has 0 atom stereocenters. The van der Waals surface area contributed by atoms with Crippen LogP contribution >= 0.6 is 23.2 Å². The van der Waals surface area contributed by atoms with Crippen LogP contribution in [0.25, 0.3) is 0 Å². The topological polar surface area (TPSA) is 17.1 Å². The van der Waals surface area contributed by atoms with E-state index in [1.807, 2.05) is 0 Å². The normalized spacial score (nSPS) is 10.6. The maximum atomic E-state index is 13.7. The van der Waals surface area contributed by atoms with Crippen LogP contribution in [0.15, 0.2) is 30.3 Å². The second-order valence-electron chi connectivity index (χ2n) is 4.07. The van der Waals surface area contributed by atoms with E-state index >= 15 is 0 Å². The Bertz CT molecular complexity index is 648. The predicted octanol–water partition coefficient (Wildman–Crippen LogP) is 4.81. The summed E-state index contributed by atoms with van der Waals surface area (Å²) in [6.07, 6.45) is 0. The minimum absolute atomic E-state index is 0.111. The summed E-state index contributed by atoms with van der Waals surface area (Å²) in [5, 5.41) is 0.507. The number of hydrogen-bond donors (Lipinski definition) is 0. The molecule has 2 aromatic carbocycles. The zero-order chi connectivity index (χ0) is 14.2. The van der Waals surface area contributed by atoms with Crippen molar-refractivity contribution in [1.82, 2.24) is 0 Å². The highest BCUT2D eigenvalue weighted by Gasteiger charge is 2.17. The van der Waals surface area contributed by atoms with Crippen LogP contribution in [-0.2, 0) is 0 Å². The fourth-order valence-electron chi connectivity index (χ4n) is 1.66. The number of carbonyl (C=O) groups is 1. The van der Waals surface area contributed by atoms with Crippen molar-refractivity contribution >= 4 is 29.0 Å². The summed E-state index contributed by atoms with van der Waals surface area (Å²) < 4.78 is 27.1. The Hall–Kier alpha value is -1.45. The van der Waals surface area contributed by atoms with E-state index in [1.54, 1.807) is 0 Å². The molecule has 0 spiro atoms. The van der Waals surface area contributed by atoms with Crippen LogP contribution in [0.4, 0.5) is 8.78 Å². The molecule has 98 valence electrons. The average molecular weight is 301 g/mol. The summed E-state index contributed by atoms with van der Waals surface area (Å²) in [4.78, 5) is 12.1. The van der Waals surface area contributed by atoms with Crippen molar-refractivity contribution in [3.8, 4) is 0 Å². The molecule has 0 aliphatic carbocycles. The van der Waals surface area contributed by atoms with Gasteiger partial charge in [-0.15, -0.1) is 0 Å². The minimum Gasteiger partial charge on any atom is -0.288 e. The molecule has 0 amide bonds. The minimum atomic E-state index is -0.778. The molecule has 0 aliphatic rings. The Morgan fingerprint density at radius 2 is 1.53 bits per heavy atom. The van der Waals surface area contributed by atoms with E-state index < -0.39 is 17.4 Å². The average Bonchev–Trinajstić information content (AvgIpc) is 2.31. The number of rotatable bonds is 2. The summed E-state index contributed by atoms with van der Waals surface area (Å²) in [6.45, 7) is 1.42. The Morgan fingerprint density at radius 3 is 2.11 bits per heavy atom. The van der Waals surface area contributed by atoms with Crippen LogP contribution in [0.1, 0.15) is 21.5 Å². The van der Waals surface area contributed by atoms with Crippen molar-refractivity contribution in [2.45, 2.75) is 6.92 Å². The Balaban J connectivity index is 2.53. The maximum absolute atomic E-state index is 13.7. The molecule has 0 N–H and O–H groups in total. The summed E-state index contributed by atoms with van der Waals surface area (Å²) >= 11 is 11.5. The van der Waals surface area contributed by atoms with Gasteiger partial charge in [-0.2, -0.15) is 0 Å². The third kappa shape index (κ3) is 2.94. The second-order valence-corrected chi connectivity index (χ2v) is 4.94. The van der Waals surface area contributed by atoms with Gasteiger partial charge in [0.15, 0.2) is 5.78 Å². The van der Waals surface area contributed by atoms with Crippen molar-refractivity contribution < 1.29 is 13.6 Å². The maximum Gasteiger partial charge on any atom is 0.196 e. The molecule has 0 saturated heterocycles. The van der Waals surface area contributed by atoms with Crippen molar-refractivity contribution in [2.24, 2.45) is 0 Å². The van der Waals surface area contributed by atoms with E-state index in [4.69, 9.17) is 23.2 Å². The lowest BCUT2D eigenvalue weighted by Crippen LogP contribution is -2.06. The smallest absolute Gasteiger partial charge is 0.196 e. The van der Waals surface area contributed by atoms with Crippen molar-refractivity contribution in [2.75, 3.05) is 0 Å². The molecular weight excluding hydrogens is 293 g/mol. The zero-order valence-electron chi connectivity index (χ0n) is 9.81. The van der Waals surface area contributed by atoms with Gasteiger partial charge in [0.25, 0.3) is 0 Å². The summed E-state index contributed by atoms with van der Waals surface area (Å²) in [7, 11) is 0. The third-order valence-electron chi connectivity index (χ3n) is 2.62. The van der Waals surface area contributed by atoms with Crippen LogP contribution in [0, 0.1) is 18.6 Å². The standard InChI is InChI=1S/C14H8Cl2F2O/c1-7-2-13(18)11(6-12(7)17)14(19)8-3-9(15)5-10(16)4-8/h2-6H,1H3. The third-order valence-corrected chi connectivity index (χ3v) is 3.05. The summed E-state index contributed by atoms with van der Waals surface area (Å²) in [6, 6.07) is 6.02. The van der Waals surface area contributed by atoms with Crippen molar-refractivity contribution in [3.05, 3.63) is 68.7 Å². The van der Waals surface area contributed by atoms with E-state index in [1.165, 1.54) is 25.1 Å². The summed E-state index contributed by atoms with van der Waals surface area (Å²) in [5.74, 6) is -2.08. The van der Waals surface area contributed by atoms with Gasteiger partial charge in [-0.25, -0.2) is 8.78 Å². The van der Waals surface area contributed by atoms with Gasteiger partial charge in [-0.1, -0.05) is 23.2 Å². The van der Waals surface area contributed by atoms with Gasteiger partial charge in [0, 0.05) is 15.6 Å². The van der Waals surface area contributed by atoms with Gasteiger partial charge in [0.1, 0.15) is 11.6 Å². The Kier molecular flexibility index (Phi) is 3.88. The lowest BCUT2D eigenvalue weighted by molar-refractivity contribution is 0.103. The molecule has 0 heterocycles. The second kappa shape index (κ2) is 5.27. The molecule has 2 rings (SSSR count). The lowest BCUT2D eigenvalue weighted by Gasteiger charge is -2.06. The van der Waals surface area contributed by atoms with Gasteiger partial charge >= 0.3 is 0 Å². The zero-order valence-corrected chi connectivity index (χ0v) is 11.3. The van der Waals surface area contributed by atoms with E-state index in [0.29, 0.717) is 0 Å². The number of aryl methyl sites for hydroxylation is 1. The van der Waals surface area contributed by atoms with Crippen molar-refractivity contribution in [1.29, 1.82) is 0 Å². The van der Waals surface area contributed by atoms with E-state index in [2.05, 4.69) is 0 Å². The van der Waals surface area contributed by atoms with Crippen LogP contribution in [0.3, 0.4) is 0 Å². The highest BCUT2D eigenvalue weighted by atomic mass is 35.5. The van der Waals surface area contributed by atoms with Crippen LogP contribution in [0.5, 0.6) is 0 Å². The van der Waals surface area contributed by atoms with Crippen LogP contribution < -0.4 is 0 Å². The Labute approximate surface area is 118 Å². The first-order valence-electron chi connectivity index (χ1n) is 5.35. The molecule has 0 radical (unpaired) electrons. The monoisotopic (exact) mass is 300 g/mol. The first-order chi connectivity index (χ1) is 8.88. The largest absolute Gasteiger partial charge is 0.288 e. The van der Waals surface area contributed by atoms with Crippen molar-refractivity contribution in [3.63, 3.8) is 0 Å². The molecule has 2 aromatic rings. The molecule has 5 heteroatoms. The Morgan fingerprint density at radius 1 is 0.947 bits per heavy atom. The molecule has 0 unspecified atom stereocenters. The molecular formula is C14H8Cl2F2O. The molecule has 0 fully saturated rings. The number of benzene rings is 2. The van der Waals surface area contributed by atoms with E-state index in [-0.39, 0.29) is 26.7 Å². The highest BCUT2D eigenvalue weighted by Crippen LogP contribution is 2.23. The number of halogens is 4. The lowest BCUT2D eigenvalue weighted by atomic mass is 10.0. The summed E-state index contributed by atoms with van der Waals surface area (Å²) in [5.41, 5.74) is -0.0979. The molecule has 0 saturated carbocycles. The van der Waals surface area contributed by atoms with Crippen LogP contribution in [-0.4, -0.2) is 5.78 Å². The molecule has 0 aliphatic heterocycles. The van der Waals surface area contributed by atoms with E-state index in [9.17, 15) is 13.6 Å². The molecule has 19 heavy (non-hydrogen) atoms. The quantitative estimate of drug-likeness (QED) is 0.727. The van der Waals surface area contributed by atoms with E-state index in [0.717, 1.165) is 12.1 Å². The molecule has 1 nitrogen and oxygen atoms in total. The SMILES string of the molecule is Cc1cc(F)c(C(=O)c2cc(Cl)cc(Cl)c2)cc1F. The number of carbonyl (C=O) groups excluding carboxylic acids is 1. The molecule has 0 bridgehead atoms. The molecule has 0 aromatic heterocycles. The van der Waals surface area contributed by atoms with Gasteiger partial charge in [-0.3, -0.25) is 4.79 Å². The predicted molar refractivity (Wildman–Crippen MR) is 71.0 cm³/mol. The van der Waals surface area contributed by atoms with Gasteiger partial charge in [0.2, 0.25) is 0 Å². The van der Waals surface area contributed by atoms with Gasteiger partial charge < -0.3 is 0 Å². The fraction of sp³-hybridized carbons (Fsp3) is 0.0714. The first kappa shape index (κ1) is 14.0. The van der Waals surface area contributed by atoms with Gasteiger partial charge in [0.05, 0.1) is 5.56 Å². The first-order valence-corrected chi connectivity index (χ1v) is 6.10. The fourth-order valence-corrected chi connectivity index (χ4v) is 2.19. The number of hydrogen-bond acceptors (Lipinski definition) is 1. The number of ketones is 1.